The maximum absolute atomic E-state index is 12.8. The molecule has 148 valence electrons. The summed E-state index contributed by atoms with van der Waals surface area (Å²) >= 11 is 5.98. The molecule has 0 unspecified atom stereocenters. The van der Waals surface area contributed by atoms with E-state index in [-0.39, 0.29) is 12.0 Å². The Morgan fingerprint density at radius 3 is 2.32 bits per heavy atom. The standard InChI is InChI=1S/C22H25ClN2O3/c1-2-28-20(26)22(16-17-8-10-18(23)11-9-17)12-14-25(15-13-22)21(27)24-19-6-4-3-5-7-19/h3-11H,2,12-16H2,1H3,(H,24,27). The highest BCUT2D eigenvalue weighted by atomic mass is 35.5. The number of benzene rings is 2. The Morgan fingerprint density at radius 2 is 1.71 bits per heavy atom. The quantitative estimate of drug-likeness (QED) is 0.736. The van der Waals surface area contributed by atoms with Crippen molar-refractivity contribution in [3.63, 3.8) is 0 Å². The highest BCUT2D eigenvalue weighted by Crippen LogP contribution is 2.37. The number of nitrogens with one attached hydrogen (secondary N) is 1. The number of para-hydroxylation sites is 1. The minimum atomic E-state index is -0.618. The number of anilines is 1. The van der Waals surface area contributed by atoms with E-state index in [2.05, 4.69) is 5.32 Å². The molecule has 0 bridgehead atoms. The fourth-order valence-electron chi connectivity index (χ4n) is 3.59. The third-order valence-electron chi connectivity index (χ3n) is 5.20. The topological polar surface area (TPSA) is 58.6 Å². The Kier molecular flexibility index (Phi) is 6.57. The molecule has 1 N–H and O–H groups in total. The highest BCUT2D eigenvalue weighted by Gasteiger charge is 2.43. The molecule has 2 aromatic carbocycles. The van der Waals surface area contributed by atoms with Gasteiger partial charge in [0.25, 0.3) is 0 Å². The predicted molar refractivity (Wildman–Crippen MR) is 110 cm³/mol. The predicted octanol–water partition coefficient (Wildman–Crippen LogP) is 4.76. The van der Waals surface area contributed by atoms with Gasteiger partial charge >= 0.3 is 12.0 Å². The molecular weight excluding hydrogens is 376 g/mol. The van der Waals surface area contributed by atoms with Crippen LogP contribution in [-0.4, -0.2) is 36.6 Å². The van der Waals surface area contributed by atoms with E-state index in [0.717, 1.165) is 11.3 Å². The molecule has 5 nitrogen and oxygen atoms in total. The largest absolute Gasteiger partial charge is 0.466 e. The van der Waals surface area contributed by atoms with Crippen molar-refractivity contribution in [3.05, 3.63) is 65.2 Å². The van der Waals surface area contributed by atoms with Gasteiger partial charge in [0.1, 0.15) is 0 Å². The van der Waals surface area contributed by atoms with Crippen molar-refractivity contribution in [1.29, 1.82) is 0 Å². The number of likely N-dealkylation sites (tertiary alicyclic amines) is 1. The number of nitrogens with zero attached hydrogens (tertiary/aromatic N) is 1. The highest BCUT2D eigenvalue weighted by molar-refractivity contribution is 6.30. The lowest BCUT2D eigenvalue weighted by Gasteiger charge is -2.40. The number of amides is 2. The number of carbonyl (C=O) groups is 2. The number of carbonyl (C=O) groups excluding carboxylic acids is 2. The number of ether oxygens (including phenoxy) is 1. The second-order valence-corrected chi connectivity index (χ2v) is 7.52. The molecule has 2 amide bonds. The zero-order chi connectivity index (χ0) is 20.0. The average Bonchev–Trinajstić information content (AvgIpc) is 2.71. The van der Waals surface area contributed by atoms with Crippen LogP contribution in [0.15, 0.2) is 54.6 Å². The van der Waals surface area contributed by atoms with Crippen molar-refractivity contribution in [2.45, 2.75) is 26.2 Å². The fraction of sp³-hybridized carbons (Fsp3) is 0.364. The second kappa shape index (κ2) is 9.11. The number of hydrogen-bond donors (Lipinski definition) is 1. The summed E-state index contributed by atoms with van der Waals surface area (Å²) in [6.07, 6.45) is 1.71. The lowest BCUT2D eigenvalue weighted by atomic mass is 9.73. The Hall–Kier alpha value is -2.53. The van der Waals surface area contributed by atoms with Gasteiger partial charge in [0, 0.05) is 23.8 Å². The molecule has 3 rings (SSSR count). The molecule has 0 radical (unpaired) electrons. The average molecular weight is 401 g/mol. The smallest absolute Gasteiger partial charge is 0.321 e. The summed E-state index contributed by atoms with van der Waals surface area (Å²) in [5, 5.41) is 3.57. The fourth-order valence-corrected chi connectivity index (χ4v) is 3.72. The maximum Gasteiger partial charge on any atom is 0.321 e. The minimum absolute atomic E-state index is 0.143. The lowest BCUT2D eigenvalue weighted by molar-refractivity contribution is -0.158. The Bertz CT molecular complexity index is 800. The maximum atomic E-state index is 12.8. The van der Waals surface area contributed by atoms with Crippen molar-refractivity contribution >= 4 is 29.3 Å². The van der Waals surface area contributed by atoms with Gasteiger partial charge in [0.05, 0.1) is 12.0 Å². The molecule has 1 saturated heterocycles. The molecule has 1 aliphatic heterocycles. The number of esters is 1. The zero-order valence-electron chi connectivity index (χ0n) is 16.0. The van der Waals surface area contributed by atoms with Crippen molar-refractivity contribution in [3.8, 4) is 0 Å². The van der Waals surface area contributed by atoms with Crippen LogP contribution >= 0.6 is 11.6 Å². The first-order valence-corrected chi connectivity index (χ1v) is 9.93. The van der Waals surface area contributed by atoms with Gasteiger partial charge in [-0.2, -0.15) is 0 Å². The van der Waals surface area contributed by atoms with Crippen molar-refractivity contribution in [2.75, 3.05) is 25.0 Å². The Morgan fingerprint density at radius 1 is 1.07 bits per heavy atom. The van der Waals surface area contributed by atoms with E-state index >= 15 is 0 Å². The van der Waals surface area contributed by atoms with Crippen molar-refractivity contribution < 1.29 is 14.3 Å². The first kappa shape index (κ1) is 20.2. The van der Waals surface area contributed by atoms with Crippen molar-refractivity contribution in [2.24, 2.45) is 5.41 Å². The van der Waals surface area contributed by atoms with Gasteiger partial charge in [-0.05, 0) is 56.0 Å². The van der Waals surface area contributed by atoms with E-state index in [9.17, 15) is 9.59 Å². The number of hydrogen-bond acceptors (Lipinski definition) is 3. The summed E-state index contributed by atoms with van der Waals surface area (Å²) in [5.74, 6) is -0.187. The van der Waals surface area contributed by atoms with Crippen LogP contribution in [0.2, 0.25) is 5.02 Å². The first-order chi connectivity index (χ1) is 13.5. The van der Waals surface area contributed by atoms with Crippen LogP contribution in [0.25, 0.3) is 0 Å². The van der Waals surface area contributed by atoms with E-state index in [1.165, 1.54) is 0 Å². The molecule has 0 atom stereocenters. The summed E-state index contributed by atoms with van der Waals surface area (Å²) < 4.78 is 5.39. The molecule has 0 spiro atoms. The van der Waals surface area contributed by atoms with Gasteiger partial charge in [-0.25, -0.2) is 4.79 Å². The van der Waals surface area contributed by atoms with Gasteiger partial charge in [0.2, 0.25) is 0 Å². The van der Waals surface area contributed by atoms with Crippen LogP contribution in [0.3, 0.4) is 0 Å². The molecule has 0 aliphatic carbocycles. The number of urea groups is 1. The van der Waals surface area contributed by atoms with Gasteiger partial charge < -0.3 is 15.0 Å². The molecule has 1 aliphatic rings. The van der Waals surface area contributed by atoms with E-state index < -0.39 is 5.41 Å². The number of halogens is 1. The van der Waals surface area contributed by atoms with Gasteiger partial charge in [-0.1, -0.05) is 41.9 Å². The number of rotatable bonds is 5. The molecule has 1 fully saturated rings. The SMILES string of the molecule is CCOC(=O)C1(Cc2ccc(Cl)cc2)CCN(C(=O)Nc2ccccc2)CC1. The summed E-state index contributed by atoms with van der Waals surface area (Å²) in [5.41, 5.74) is 1.18. The van der Waals surface area contributed by atoms with Gasteiger partial charge in [-0.15, -0.1) is 0 Å². The van der Waals surface area contributed by atoms with Crippen LogP contribution < -0.4 is 5.32 Å². The molecule has 2 aromatic rings. The Labute approximate surface area is 170 Å². The van der Waals surface area contributed by atoms with Gasteiger partial charge in [-0.3, -0.25) is 4.79 Å². The third kappa shape index (κ3) is 4.84. The molecular formula is C22H25ClN2O3. The van der Waals surface area contributed by atoms with Crippen molar-refractivity contribution in [1.82, 2.24) is 4.90 Å². The molecule has 6 heteroatoms. The summed E-state index contributed by atoms with van der Waals surface area (Å²) in [6.45, 7) is 3.17. The monoisotopic (exact) mass is 400 g/mol. The summed E-state index contributed by atoms with van der Waals surface area (Å²) in [7, 11) is 0. The lowest BCUT2D eigenvalue weighted by Crippen LogP contribution is -2.49. The van der Waals surface area contributed by atoms with E-state index in [4.69, 9.17) is 16.3 Å². The molecule has 28 heavy (non-hydrogen) atoms. The molecule has 0 saturated carbocycles. The van der Waals surface area contributed by atoms with Crippen LogP contribution in [-0.2, 0) is 16.0 Å². The van der Waals surface area contributed by atoms with Crippen LogP contribution in [0.1, 0.15) is 25.3 Å². The van der Waals surface area contributed by atoms with Gasteiger partial charge in [0.15, 0.2) is 0 Å². The van der Waals surface area contributed by atoms with E-state index in [0.29, 0.717) is 44.0 Å². The first-order valence-electron chi connectivity index (χ1n) is 9.55. The van der Waals surface area contributed by atoms with Crippen LogP contribution in [0.5, 0.6) is 0 Å². The normalized spacial score (nSPS) is 15.7. The van der Waals surface area contributed by atoms with E-state index in [1.807, 2.05) is 61.5 Å². The van der Waals surface area contributed by atoms with Crippen LogP contribution in [0, 0.1) is 5.41 Å². The van der Waals surface area contributed by atoms with E-state index in [1.54, 1.807) is 4.90 Å². The molecule has 1 heterocycles. The summed E-state index contributed by atoms with van der Waals surface area (Å²) in [6, 6.07) is 16.8. The molecule has 0 aromatic heterocycles. The number of piperidine rings is 1. The van der Waals surface area contributed by atoms with Crippen LogP contribution in [0.4, 0.5) is 10.5 Å². The Balaban J connectivity index is 1.68. The second-order valence-electron chi connectivity index (χ2n) is 7.09. The third-order valence-corrected chi connectivity index (χ3v) is 5.45. The minimum Gasteiger partial charge on any atom is -0.466 e. The summed E-state index contributed by atoms with van der Waals surface area (Å²) in [4.78, 5) is 27.1. The zero-order valence-corrected chi connectivity index (χ0v) is 16.7.